The maximum atomic E-state index is 12.6. The van der Waals surface area contributed by atoms with Crippen molar-refractivity contribution in [3.8, 4) is 0 Å². The summed E-state index contributed by atoms with van der Waals surface area (Å²) in [4.78, 5) is 12.6. The monoisotopic (exact) mass is 342 g/mol. The third kappa shape index (κ3) is 3.92. The summed E-state index contributed by atoms with van der Waals surface area (Å²) >= 11 is 0. The number of hydrogen-bond donors (Lipinski definition) is 1. The molecular formula is C15H26N4O3S. The van der Waals surface area contributed by atoms with Gasteiger partial charge in [0.25, 0.3) is 0 Å². The smallest absolute Gasteiger partial charge is 0.243 e. The van der Waals surface area contributed by atoms with Crippen molar-refractivity contribution in [2.75, 3.05) is 18.1 Å². The van der Waals surface area contributed by atoms with E-state index in [0.717, 1.165) is 24.8 Å². The topological polar surface area (TPSA) is 84.3 Å². The molecule has 0 bridgehead atoms. The van der Waals surface area contributed by atoms with Gasteiger partial charge in [0, 0.05) is 12.6 Å². The maximum Gasteiger partial charge on any atom is 0.243 e. The van der Waals surface area contributed by atoms with Gasteiger partial charge in [-0.3, -0.25) is 4.79 Å². The largest absolute Gasteiger partial charge is 0.309 e. The van der Waals surface area contributed by atoms with E-state index in [0.29, 0.717) is 25.2 Å². The molecule has 2 heterocycles. The molecule has 1 aromatic rings. The van der Waals surface area contributed by atoms with Crippen LogP contribution in [0.1, 0.15) is 51.3 Å². The summed E-state index contributed by atoms with van der Waals surface area (Å²) in [5.74, 6) is 0.363. The number of carbonyl (C=O) groups is 1. The van der Waals surface area contributed by atoms with E-state index in [1.165, 1.54) is 4.31 Å². The fourth-order valence-electron chi connectivity index (χ4n) is 3.13. The van der Waals surface area contributed by atoms with Crippen molar-refractivity contribution in [3.05, 3.63) is 11.8 Å². The Bertz CT molecular complexity index is 664. The molecule has 1 aromatic heterocycles. The number of nitrogens with zero attached hydrogens (tertiary/aromatic N) is 3. The van der Waals surface area contributed by atoms with Crippen LogP contribution in [-0.4, -0.2) is 47.3 Å². The number of rotatable bonds is 6. The lowest BCUT2D eigenvalue weighted by Crippen LogP contribution is -2.42. The van der Waals surface area contributed by atoms with E-state index in [1.54, 1.807) is 0 Å². The average molecular weight is 342 g/mol. The SMILES string of the molecule is CCC(CC)n1nc(C)cc1NC(=O)[C@H]1CCCN1S(C)(=O)=O. The Morgan fingerprint density at radius 2 is 2.09 bits per heavy atom. The van der Waals surface area contributed by atoms with E-state index in [9.17, 15) is 13.2 Å². The van der Waals surface area contributed by atoms with Gasteiger partial charge in [0.15, 0.2) is 0 Å². The molecule has 0 unspecified atom stereocenters. The normalized spacial score (nSPS) is 19.4. The molecule has 0 aromatic carbocycles. The van der Waals surface area contributed by atoms with Crippen molar-refractivity contribution >= 4 is 21.7 Å². The van der Waals surface area contributed by atoms with Gasteiger partial charge in [0.2, 0.25) is 15.9 Å². The number of sulfonamides is 1. The van der Waals surface area contributed by atoms with Gasteiger partial charge in [-0.1, -0.05) is 13.8 Å². The minimum absolute atomic E-state index is 0.216. The highest BCUT2D eigenvalue weighted by molar-refractivity contribution is 7.88. The van der Waals surface area contributed by atoms with E-state index in [4.69, 9.17) is 0 Å². The van der Waals surface area contributed by atoms with Crippen molar-refractivity contribution in [1.82, 2.24) is 14.1 Å². The first kappa shape index (κ1) is 17.9. The Balaban J connectivity index is 2.21. The number of aryl methyl sites for hydroxylation is 1. The standard InChI is InChI=1S/C15H26N4O3S/c1-5-12(6-2)19-14(10-11(3)17-19)16-15(20)13-8-7-9-18(13)23(4,21)22/h10,12-13H,5-9H2,1-4H3,(H,16,20)/t13-/m1/s1. The molecule has 1 amide bonds. The van der Waals surface area contributed by atoms with Gasteiger partial charge in [-0.05, 0) is 32.6 Å². The van der Waals surface area contributed by atoms with Crippen LogP contribution >= 0.6 is 0 Å². The highest BCUT2D eigenvalue weighted by Crippen LogP contribution is 2.25. The fourth-order valence-corrected chi connectivity index (χ4v) is 4.26. The summed E-state index contributed by atoms with van der Waals surface area (Å²) in [6.45, 7) is 6.45. The number of anilines is 1. The van der Waals surface area contributed by atoms with E-state index >= 15 is 0 Å². The Morgan fingerprint density at radius 1 is 1.43 bits per heavy atom. The number of carbonyl (C=O) groups excluding carboxylic acids is 1. The molecule has 2 rings (SSSR count). The Morgan fingerprint density at radius 3 is 2.65 bits per heavy atom. The third-order valence-corrected chi connectivity index (χ3v) is 5.62. The lowest BCUT2D eigenvalue weighted by atomic mass is 10.2. The molecule has 0 spiro atoms. The van der Waals surface area contributed by atoms with Gasteiger partial charge in [0.05, 0.1) is 18.0 Å². The van der Waals surface area contributed by atoms with Crippen LogP contribution in [0, 0.1) is 6.92 Å². The van der Waals surface area contributed by atoms with Crippen LogP contribution in [-0.2, 0) is 14.8 Å². The molecule has 0 radical (unpaired) electrons. The van der Waals surface area contributed by atoms with Crippen LogP contribution in [0.5, 0.6) is 0 Å². The van der Waals surface area contributed by atoms with Gasteiger partial charge in [-0.2, -0.15) is 9.40 Å². The molecule has 1 atom stereocenters. The van der Waals surface area contributed by atoms with E-state index in [1.807, 2.05) is 17.7 Å². The summed E-state index contributed by atoms with van der Waals surface area (Å²) in [6.07, 6.45) is 4.24. The molecule has 0 saturated carbocycles. The van der Waals surface area contributed by atoms with Crippen LogP contribution in [0.2, 0.25) is 0 Å². The quantitative estimate of drug-likeness (QED) is 0.856. The molecule has 7 nitrogen and oxygen atoms in total. The zero-order valence-corrected chi connectivity index (χ0v) is 15.1. The molecule has 1 aliphatic rings. The summed E-state index contributed by atoms with van der Waals surface area (Å²) < 4.78 is 26.7. The molecule has 130 valence electrons. The molecule has 0 aliphatic carbocycles. The average Bonchev–Trinajstić information content (AvgIpc) is 3.07. The minimum atomic E-state index is -3.37. The van der Waals surface area contributed by atoms with Crippen LogP contribution < -0.4 is 5.32 Å². The van der Waals surface area contributed by atoms with Crippen molar-refractivity contribution in [2.45, 2.75) is 58.5 Å². The van der Waals surface area contributed by atoms with E-state index in [2.05, 4.69) is 24.3 Å². The van der Waals surface area contributed by atoms with Gasteiger partial charge in [-0.15, -0.1) is 0 Å². The molecule has 1 fully saturated rings. The van der Waals surface area contributed by atoms with E-state index < -0.39 is 16.1 Å². The number of nitrogens with one attached hydrogen (secondary N) is 1. The second-order valence-corrected chi connectivity index (χ2v) is 8.04. The summed E-state index contributed by atoms with van der Waals surface area (Å²) in [7, 11) is -3.37. The van der Waals surface area contributed by atoms with Crippen LogP contribution in [0.25, 0.3) is 0 Å². The van der Waals surface area contributed by atoms with Crippen LogP contribution in [0.15, 0.2) is 6.07 Å². The maximum absolute atomic E-state index is 12.6. The van der Waals surface area contributed by atoms with Crippen molar-refractivity contribution < 1.29 is 13.2 Å². The molecule has 1 saturated heterocycles. The second-order valence-electron chi connectivity index (χ2n) is 6.11. The number of hydrogen-bond acceptors (Lipinski definition) is 4. The highest BCUT2D eigenvalue weighted by Gasteiger charge is 2.36. The molecule has 8 heteroatoms. The third-order valence-electron chi connectivity index (χ3n) is 4.33. The second kappa shape index (κ2) is 7.00. The first-order valence-electron chi connectivity index (χ1n) is 8.11. The Kier molecular flexibility index (Phi) is 5.46. The number of aromatic nitrogens is 2. The molecule has 1 N–H and O–H groups in total. The van der Waals surface area contributed by atoms with Crippen molar-refractivity contribution in [3.63, 3.8) is 0 Å². The first-order valence-corrected chi connectivity index (χ1v) is 9.96. The predicted octanol–water partition coefficient (Wildman–Crippen LogP) is 1.92. The van der Waals surface area contributed by atoms with Crippen molar-refractivity contribution in [2.24, 2.45) is 0 Å². The zero-order chi connectivity index (χ0) is 17.2. The van der Waals surface area contributed by atoms with Crippen LogP contribution in [0.3, 0.4) is 0 Å². The number of amides is 1. The lowest BCUT2D eigenvalue weighted by Gasteiger charge is -2.22. The van der Waals surface area contributed by atoms with Gasteiger partial charge in [0.1, 0.15) is 11.9 Å². The predicted molar refractivity (Wildman–Crippen MR) is 89.8 cm³/mol. The Hall–Kier alpha value is -1.41. The van der Waals surface area contributed by atoms with Gasteiger partial charge in [-0.25, -0.2) is 13.1 Å². The lowest BCUT2D eigenvalue weighted by molar-refractivity contribution is -0.119. The van der Waals surface area contributed by atoms with E-state index in [-0.39, 0.29) is 11.9 Å². The van der Waals surface area contributed by atoms with Crippen molar-refractivity contribution in [1.29, 1.82) is 0 Å². The van der Waals surface area contributed by atoms with Gasteiger partial charge < -0.3 is 5.32 Å². The Labute approximate surface area is 138 Å². The van der Waals surface area contributed by atoms with Gasteiger partial charge >= 0.3 is 0 Å². The zero-order valence-electron chi connectivity index (χ0n) is 14.2. The summed E-state index contributed by atoms with van der Waals surface area (Å²) in [5.41, 5.74) is 0.832. The molecule has 23 heavy (non-hydrogen) atoms. The fraction of sp³-hybridized carbons (Fsp3) is 0.733. The molecule has 1 aliphatic heterocycles. The minimum Gasteiger partial charge on any atom is -0.309 e. The van der Waals surface area contributed by atoms with Crippen LogP contribution in [0.4, 0.5) is 5.82 Å². The highest BCUT2D eigenvalue weighted by atomic mass is 32.2. The summed E-state index contributed by atoms with van der Waals surface area (Å²) in [6, 6.07) is 1.42. The molecular weight excluding hydrogens is 316 g/mol. The summed E-state index contributed by atoms with van der Waals surface area (Å²) in [5, 5.41) is 7.35. The first-order chi connectivity index (χ1) is 10.8.